The number of benzene rings is 2. The first-order chi connectivity index (χ1) is 12.6. The molecule has 0 unspecified atom stereocenters. The van der Waals surface area contributed by atoms with Gasteiger partial charge in [0.05, 0.1) is 29.6 Å². The van der Waals surface area contributed by atoms with Crippen molar-refractivity contribution < 1.29 is 13.9 Å². The first kappa shape index (κ1) is 16.9. The fourth-order valence-electron chi connectivity index (χ4n) is 3.29. The van der Waals surface area contributed by atoms with Gasteiger partial charge in [0, 0.05) is 24.0 Å². The van der Waals surface area contributed by atoms with E-state index in [1.54, 1.807) is 0 Å². The van der Waals surface area contributed by atoms with Gasteiger partial charge >= 0.3 is 0 Å². The van der Waals surface area contributed by atoms with E-state index < -0.39 is 0 Å². The molecule has 0 saturated carbocycles. The highest BCUT2D eigenvalue weighted by Crippen LogP contribution is 2.35. The van der Waals surface area contributed by atoms with Crippen LogP contribution in [0, 0.1) is 6.92 Å². The van der Waals surface area contributed by atoms with Crippen molar-refractivity contribution in [3.8, 4) is 0 Å². The number of nitrogens with one attached hydrogen (secondary N) is 1. The van der Waals surface area contributed by atoms with Gasteiger partial charge in [-0.3, -0.25) is 4.79 Å². The Bertz CT molecular complexity index is 961. The van der Waals surface area contributed by atoms with Crippen LogP contribution in [0.3, 0.4) is 0 Å². The molecule has 0 spiro atoms. The quantitative estimate of drug-likeness (QED) is 0.738. The highest BCUT2D eigenvalue weighted by Gasteiger charge is 2.22. The lowest BCUT2D eigenvalue weighted by molar-refractivity contribution is 0.0998. The number of hydrogen-bond acceptors (Lipinski definition) is 4. The van der Waals surface area contributed by atoms with E-state index in [1.165, 1.54) is 0 Å². The number of fused-ring (bicyclic) bond motifs is 1. The molecular weight excluding hydrogens is 352 g/mol. The zero-order chi connectivity index (χ0) is 18.1. The topological polar surface area (TPSA) is 54.7 Å². The summed E-state index contributed by atoms with van der Waals surface area (Å²) >= 11 is 6.43. The molecule has 1 fully saturated rings. The number of carbonyl (C=O) groups excluding carboxylic acids is 1. The van der Waals surface area contributed by atoms with Crippen molar-refractivity contribution in [2.45, 2.75) is 6.92 Å². The van der Waals surface area contributed by atoms with E-state index in [0.29, 0.717) is 35.3 Å². The van der Waals surface area contributed by atoms with Gasteiger partial charge in [0.1, 0.15) is 5.58 Å². The minimum Gasteiger partial charge on any atom is -0.451 e. The lowest BCUT2D eigenvalue weighted by atomic mass is 10.1. The number of para-hydroxylation sites is 2. The predicted molar refractivity (Wildman–Crippen MR) is 103 cm³/mol. The molecule has 5 nitrogen and oxygen atoms in total. The molecule has 26 heavy (non-hydrogen) atoms. The van der Waals surface area contributed by atoms with Crippen LogP contribution in [0.15, 0.2) is 46.9 Å². The Kier molecular flexibility index (Phi) is 4.57. The van der Waals surface area contributed by atoms with E-state index >= 15 is 0 Å². The molecule has 0 bridgehead atoms. The number of amides is 1. The third kappa shape index (κ3) is 3.04. The van der Waals surface area contributed by atoms with Crippen LogP contribution in [0.4, 0.5) is 11.4 Å². The smallest absolute Gasteiger partial charge is 0.291 e. The summed E-state index contributed by atoms with van der Waals surface area (Å²) < 4.78 is 11.2. The fraction of sp³-hybridized carbons (Fsp3) is 0.250. The molecule has 1 aliphatic heterocycles. The van der Waals surface area contributed by atoms with Crippen molar-refractivity contribution in [1.82, 2.24) is 0 Å². The van der Waals surface area contributed by atoms with Crippen LogP contribution in [0.25, 0.3) is 11.0 Å². The van der Waals surface area contributed by atoms with Gasteiger partial charge in [-0.15, -0.1) is 0 Å². The maximum absolute atomic E-state index is 12.9. The maximum Gasteiger partial charge on any atom is 0.291 e. The largest absolute Gasteiger partial charge is 0.451 e. The number of ether oxygens (including phenoxy) is 1. The fourth-order valence-corrected chi connectivity index (χ4v) is 3.59. The summed E-state index contributed by atoms with van der Waals surface area (Å²) in [5, 5.41) is 4.51. The van der Waals surface area contributed by atoms with Crippen molar-refractivity contribution in [1.29, 1.82) is 0 Å². The number of morpholine rings is 1. The normalized spacial score (nSPS) is 14.6. The van der Waals surface area contributed by atoms with Crippen molar-refractivity contribution in [2.24, 2.45) is 0 Å². The van der Waals surface area contributed by atoms with Gasteiger partial charge in [0.25, 0.3) is 5.91 Å². The Morgan fingerprint density at radius 2 is 1.88 bits per heavy atom. The van der Waals surface area contributed by atoms with Crippen LogP contribution in [0.2, 0.25) is 5.02 Å². The summed E-state index contributed by atoms with van der Waals surface area (Å²) in [5.74, 6) is 0.0366. The lowest BCUT2D eigenvalue weighted by Crippen LogP contribution is -2.37. The van der Waals surface area contributed by atoms with E-state index in [-0.39, 0.29) is 5.91 Å². The molecule has 1 saturated heterocycles. The molecule has 1 aromatic heterocycles. The number of nitrogens with zero attached hydrogens (tertiary/aromatic N) is 1. The van der Waals surface area contributed by atoms with Crippen LogP contribution in [0.5, 0.6) is 0 Å². The minimum atomic E-state index is -0.282. The molecule has 2 aromatic carbocycles. The Labute approximate surface area is 156 Å². The van der Waals surface area contributed by atoms with Crippen LogP contribution >= 0.6 is 11.6 Å². The number of anilines is 2. The number of halogens is 1. The third-order valence-corrected chi connectivity index (χ3v) is 4.92. The van der Waals surface area contributed by atoms with Gasteiger partial charge in [-0.05, 0) is 25.1 Å². The Morgan fingerprint density at radius 1 is 1.12 bits per heavy atom. The number of furan rings is 1. The summed E-state index contributed by atoms with van der Waals surface area (Å²) in [6, 6.07) is 13.1. The summed E-state index contributed by atoms with van der Waals surface area (Å²) in [7, 11) is 0. The predicted octanol–water partition coefficient (Wildman–Crippen LogP) is 4.48. The molecule has 2 heterocycles. The molecule has 0 aliphatic carbocycles. The monoisotopic (exact) mass is 370 g/mol. The highest BCUT2D eigenvalue weighted by molar-refractivity contribution is 6.34. The first-order valence-electron chi connectivity index (χ1n) is 8.56. The third-order valence-electron chi connectivity index (χ3n) is 4.61. The van der Waals surface area contributed by atoms with E-state index in [0.717, 1.165) is 29.7 Å². The van der Waals surface area contributed by atoms with Crippen LogP contribution in [0.1, 0.15) is 16.1 Å². The average molecular weight is 371 g/mol. The summed E-state index contributed by atoms with van der Waals surface area (Å²) in [5.41, 5.74) is 3.02. The Morgan fingerprint density at radius 3 is 2.65 bits per heavy atom. The molecule has 6 heteroatoms. The maximum atomic E-state index is 12.9. The first-order valence-corrected chi connectivity index (χ1v) is 8.93. The second-order valence-corrected chi connectivity index (χ2v) is 6.65. The van der Waals surface area contributed by atoms with Crippen LogP contribution < -0.4 is 10.2 Å². The molecule has 0 atom stereocenters. The van der Waals surface area contributed by atoms with E-state index in [4.69, 9.17) is 20.8 Å². The minimum absolute atomic E-state index is 0.282. The van der Waals surface area contributed by atoms with Gasteiger partial charge in [0.15, 0.2) is 5.76 Å². The van der Waals surface area contributed by atoms with Gasteiger partial charge in [-0.1, -0.05) is 35.9 Å². The molecule has 134 valence electrons. The van der Waals surface area contributed by atoms with Gasteiger partial charge in [-0.2, -0.15) is 0 Å². The van der Waals surface area contributed by atoms with Crippen LogP contribution in [-0.4, -0.2) is 32.2 Å². The molecule has 1 N–H and O–H groups in total. The summed E-state index contributed by atoms with van der Waals surface area (Å²) in [6.45, 7) is 4.64. The molecule has 0 radical (unpaired) electrons. The zero-order valence-corrected chi connectivity index (χ0v) is 15.2. The SMILES string of the molecule is Cc1c(C(=O)Nc2cccc(Cl)c2N2CCOCC2)oc2ccccc12. The average Bonchev–Trinajstić information content (AvgIpc) is 3.00. The van der Waals surface area contributed by atoms with Crippen molar-refractivity contribution >= 4 is 39.9 Å². The Balaban J connectivity index is 1.67. The van der Waals surface area contributed by atoms with Gasteiger partial charge in [0.2, 0.25) is 0 Å². The van der Waals surface area contributed by atoms with Crippen LogP contribution in [-0.2, 0) is 4.74 Å². The van der Waals surface area contributed by atoms with Crippen molar-refractivity contribution in [3.05, 3.63) is 58.8 Å². The zero-order valence-electron chi connectivity index (χ0n) is 14.4. The van der Waals surface area contributed by atoms with E-state index in [9.17, 15) is 4.79 Å². The molecular formula is C20H19ClN2O3. The van der Waals surface area contributed by atoms with Gasteiger partial charge < -0.3 is 19.4 Å². The number of hydrogen-bond donors (Lipinski definition) is 1. The second-order valence-electron chi connectivity index (χ2n) is 6.24. The number of carbonyl (C=O) groups is 1. The van der Waals surface area contributed by atoms with E-state index in [1.807, 2.05) is 49.4 Å². The number of aryl methyl sites for hydroxylation is 1. The molecule has 4 rings (SSSR count). The van der Waals surface area contributed by atoms with Gasteiger partial charge in [-0.25, -0.2) is 0 Å². The molecule has 1 aliphatic rings. The molecule has 3 aromatic rings. The Hall–Kier alpha value is -2.50. The summed E-state index contributed by atoms with van der Waals surface area (Å²) in [6.07, 6.45) is 0. The molecule has 1 amide bonds. The lowest BCUT2D eigenvalue weighted by Gasteiger charge is -2.31. The van der Waals surface area contributed by atoms with Crippen molar-refractivity contribution in [3.63, 3.8) is 0 Å². The highest BCUT2D eigenvalue weighted by atomic mass is 35.5. The van der Waals surface area contributed by atoms with E-state index in [2.05, 4.69) is 10.2 Å². The second kappa shape index (κ2) is 7.02. The standard InChI is InChI=1S/C20H19ClN2O3/c1-13-14-5-2-3-8-17(14)26-19(13)20(24)22-16-7-4-6-15(21)18(16)23-9-11-25-12-10-23/h2-8H,9-12H2,1H3,(H,22,24). The summed E-state index contributed by atoms with van der Waals surface area (Å²) in [4.78, 5) is 15.0. The van der Waals surface area contributed by atoms with Crippen molar-refractivity contribution in [2.75, 3.05) is 36.5 Å². The number of rotatable bonds is 3.